The van der Waals surface area contributed by atoms with Crippen molar-refractivity contribution in [2.75, 3.05) is 5.32 Å². The average molecular weight is 356 g/mol. The molecule has 0 saturated heterocycles. The molecule has 1 N–H and O–H groups in total. The SMILES string of the molecule is Cc1ccc(-c2noc(-c3sc(NC(=O)CC(C)C)nc3C)n2)cc1. The number of hydrogen-bond donors (Lipinski definition) is 1. The first kappa shape index (κ1) is 17.3. The normalized spacial score (nSPS) is 11.1. The fraction of sp³-hybridized carbons (Fsp3) is 0.333. The summed E-state index contributed by atoms with van der Waals surface area (Å²) in [5.41, 5.74) is 2.82. The highest BCUT2D eigenvalue weighted by molar-refractivity contribution is 7.19. The monoisotopic (exact) mass is 356 g/mol. The molecule has 130 valence electrons. The second kappa shape index (κ2) is 7.14. The third-order valence-corrected chi connectivity index (χ3v) is 4.63. The van der Waals surface area contributed by atoms with Crippen LogP contribution in [0.5, 0.6) is 0 Å². The van der Waals surface area contributed by atoms with Gasteiger partial charge in [0.2, 0.25) is 11.7 Å². The van der Waals surface area contributed by atoms with E-state index < -0.39 is 0 Å². The highest BCUT2D eigenvalue weighted by Crippen LogP contribution is 2.33. The van der Waals surface area contributed by atoms with E-state index in [1.54, 1.807) is 0 Å². The van der Waals surface area contributed by atoms with Crippen LogP contribution in [0.3, 0.4) is 0 Å². The van der Waals surface area contributed by atoms with Gasteiger partial charge in [0.25, 0.3) is 5.89 Å². The first-order chi connectivity index (χ1) is 11.9. The van der Waals surface area contributed by atoms with Crippen molar-refractivity contribution >= 4 is 22.4 Å². The molecular weight excluding hydrogens is 336 g/mol. The van der Waals surface area contributed by atoms with Crippen molar-refractivity contribution in [3.63, 3.8) is 0 Å². The Morgan fingerprint density at radius 1 is 1.20 bits per heavy atom. The molecule has 25 heavy (non-hydrogen) atoms. The van der Waals surface area contributed by atoms with E-state index in [0.717, 1.165) is 16.1 Å². The van der Waals surface area contributed by atoms with E-state index in [4.69, 9.17) is 4.52 Å². The molecule has 0 atom stereocenters. The predicted molar refractivity (Wildman–Crippen MR) is 98.4 cm³/mol. The van der Waals surface area contributed by atoms with Crippen LogP contribution in [-0.4, -0.2) is 21.0 Å². The molecule has 0 spiro atoms. The van der Waals surface area contributed by atoms with E-state index in [9.17, 15) is 4.79 Å². The van der Waals surface area contributed by atoms with E-state index in [-0.39, 0.29) is 5.91 Å². The van der Waals surface area contributed by atoms with Gasteiger partial charge in [-0.25, -0.2) is 4.98 Å². The van der Waals surface area contributed by atoms with Gasteiger partial charge in [0, 0.05) is 12.0 Å². The van der Waals surface area contributed by atoms with Crippen molar-refractivity contribution in [1.82, 2.24) is 15.1 Å². The van der Waals surface area contributed by atoms with E-state index in [2.05, 4.69) is 20.4 Å². The molecule has 0 aliphatic carbocycles. The maximum absolute atomic E-state index is 11.9. The smallest absolute Gasteiger partial charge is 0.270 e. The van der Waals surface area contributed by atoms with Crippen molar-refractivity contribution in [1.29, 1.82) is 0 Å². The number of carbonyl (C=O) groups excluding carboxylic acids is 1. The third kappa shape index (κ3) is 4.11. The number of carbonyl (C=O) groups is 1. The van der Waals surface area contributed by atoms with Crippen molar-refractivity contribution in [3.8, 4) is 22.2 Å². The number of anilines is 1. The lowest BCUT2D eigenvalue weighted by atomic mass is 10.1. The molecule has 0 fully saturated rings. The summed E-state index contributed by atoms with van der Waals surface area (Å²) in [6, 6.07) is 7.93. The molecule has 1 amide bonds. The summed E-state index contributed by atoms with van der Waals surface area (Å²) in [5.74, 6) is 1.21. The van der Waals surface area contributed by atoms with Gasteiger partial charge in [-0.3, -0.25) is 4.79 Å². The Kier molecular flexibility index (Phi) is 4.94. The van der Waals surface area contributed by atoms with Crippen molar-refractivity contribution in [3.05, 3.63) is 35.5 Å². The van der Waals surface area contributed by atoms with Gasteiger partial charge < -0.3 is 9.84 Å². The van der Waals surface area contributed by atoms with Crippen LogP contribution in [0, 0.1) is 19.8 Å². The number of aryl methyl sites for hydroxylation is 2. The van der Waals surface area contributed by atoms with Gasteiger partial charge in [-0.1, -0.05) is 60.2 Å². The number of rotatable bonds is 5. The molecule has 3 aromatic rings. The lowest BCUT2D eigenvalue weighted by Crippen LogP contribution is -2.13. The number of benzene rings is 1. The van der Waals surface area contributed by atoms with Gasteiger partial charge in [0.1, 0.15) is 4.88 Å². The van der Waals surface area contributed by atoms with Crippen molar-refractivity contribution in [2.45, 2.75) is 34.1 Å². The fourth-order valence-electron chi connectivity index (χ4n) is 2.32. The maximum Gasteiger partial charge on any atom is 0.270 e. The Morgan fingerprint density at radius 2 is 1.92 bits per heavy atom. The Morgan fingerprint density at radius 3 is 2.60 bits per heavy atom. The third-order valence-electron chi connectivity index (χ3n) is 3.57. The van der Waals surface area contributed by atoms with Gasteiger partial charge in [-0.2, -0.15) is 4.98 Å². The minimum Gasteiger partial charge on any atom is -0.333 e. The van der Waals surface area contributed by atoms with E-state index in [1.165, 1.54) is 16.9 Å². The van der Waals surface area contributed by atoms with Gasteiger partial charge in [0.05, 0.1) is 5.69 Å². The summed E-state index contributed by atoms with van der Waals surface area (Å²) in [6.45, 7) is 7.90. The lowest BCUT2D eigenvalue weighted by molar-refractivity contribution is -0.116. The van der Waals surface area contributed by atoms with E-state index in [1.807, 2.05) is 52.0 Å². The van der Waals surface area contributed by atoms with Crippen LogP contribution in [-0.2, 0) is 4.79 Å². The number of aromatic nitrogens is 3. The molecule has 7 heteroatoms. The van der Waals surface area contributed by atoms with Gasteiger partial charge in [0.15, 0.2) is 5.13 Å². The van der Waals surface area contributed by atoms with Crippen molar-refractivity contribution in [2.24, 2.45) is 5.92 Å². The Balaban J connectivity index is 1.81. The number of amides is 1. The quantitative estimate of drug-likeness (QED) is 0.730. The van der Waals surface area contributed by atoms with Crippen LogP contribution in [0.1, 0.15) is 31.5 Å². The van der Waals surface area contributed by atoms with Crippen LogP contribution < -0.4 is 5.32 Å². The Hall–Kier alpha value is -2.54. The zero-order valence-corrected chi connectivity index (χ0v) is 15.5. The summed E-state index contributed by atoms with van der Waals surface area (Å²) < 4.78 is 5.40. The summed E-state index contributed by atoms with van der Waals surface area (Å²) >= 11 is 1.34. The zero-order chi connectivity index (χ0) is 18.0. The summed E-state index contributed by atoms with van der Waals surface area (Å²) in [4.78, 5) is 21.5. The standard InChI is InChI=1S/C18H20N4O2S/c1-10(2)9-14(23)20-18-19-12(4)15(25-18)17-21-16(22-24-17)13-7-5-11(3)6-8-13/h5-8,10H,9H2,1-4H3,(H,19,20,23). The second-order valence-electron chi connectivity index (χ2n) is 6.37. The summed E-state index contributed by atoms with van der Waals surface area (Å²) in [7, 11) is 0. The van der Waals surface area contributed by atoms with Crippen molar-refractivity contribution < 1.29 is 9.32 Å². The predicted octanol–water partition coefficient (Wildman–Crippen LogP) is 4.46. The van der Waals surface area contributed by atoms with E-state index in [0.29, 0.717) is 29.2 Å². The lowest BCUT2D eigenvalue weighted by Gasteiger charge is -2.03. The topological polar surface area (TPSA) is 80.9 Å². The second-order valence-corrected chi connectivity index (χ2v) is 7.37. The Bertz CT molecular complexity index is 881. The number of hydrogen-bond acceptors (Lipinski definition) is 6. The Labute approximate surface area is 150 Å². The fourth-order valence-corrected chi connectivity index (χ4v) is 3.23. The molecule has 1 aromatic carbocycles. The molecule has 0 bridgehead atoms. The maximum atomic E-state index is 11.9. The van der Waals surface area contributed by atoms with E-state index >= 15 is 0 Å². The number of nitrogens with one attached hydrogen (secondary N) is 1. The molecule has 0 radical (unpaired) electrons. The first-order valence-corrected chi connectivity index (χ1v) is 8.92. The molecular formula is C18H20N4O2S. The highest BCUT2D eigenvalue weighted by atomic mass is 32.1. The molecule has 3 rings (SSSR count). The summed E-state index contributed by atoms with van der Waals surface area (Å²) in [6.07, 6.45) is 0.464. The van der Waals surface area contributed by atoms with Crippen LogP contribution in [0.15, 0.2) is 28.8 Å². The molecule has 0 aliphatic rings. The zero-order valence-electron chi connectivity index (χ0n) is 14.7. The molecule has 0 saturated carbocycles. The molecule has 6 nitrogen and oxygen atoms in total. The van der Waals surface area contributed by atoms with Gasteiger partial charge in [-0.15, -0.1) is 0 Å². The number of nitrogens with zero attached hydrogens (tertiary/aromatic N) is 3. The number of thiazole rings is 1. The van der Waals surface area contributed by atoms with Crippen LogP contribution in [0.4, 0.5) is 5.13 Å². The summed E-state index contributed by atoms with van der Waals surface area (Å²) in [5, 5.41) is 7.43. The largest absolute Gasteiger partial charge is 0.333 e. The highest BCUT2D eigenvalue weighted by Gasteiger charge is 2.18. The molecule has 2 heterocycles. The van der Waals surface area contributed by atoms with Crippen LogP contribution >= 0.6 is 11.3 Å². The van der Waals surface area contributed by atoms with Gasteiger partial charge >= 0.3 is 0 Å². The molecule has 0 unspecified atom stereocenters. The van der Waals surface area contributed by atoms with Gasteiger partial charge in [-0.05, 0) is 19.8 Å². The molecule has 0 aliphatic heterocycles. The minimum atomic E-state index is -0.0406. The molecule has 2 aromatic heterocycles. The van der Waals surface area contributed by atoms with Crippen LogP contribution in [0.25, 0.3) is 22.2 Å². The first-order valence-electron chi connectivity index (χ1n) is 8.10. The van der Waals surface area contributed by atoms with Crippen LogP contribution in [0.2, 0.25) is 0 Å². The minimum absolute atomic E-state index is 0.0406. The average Bonchev–Trinajstić information content (AvgIpc) is 3.14.